The van der Waals surface area contributed by atoms with Crippen LogP contribution in [0.3, 0.4) is 0 Å². The largest absolute Gasteiger partial charge is 0.477 e. The zero-order chi connectivity index (χ0) is 8.48. The highest BCUT2D eigenvalue weighted by Crippen LogP contribution is 2.02. The van der Waals surface area contributed by atoms with E-state index in [4.69, 9.17) is 16.6 Å². The summed E-state index contributed by atoms with van der Waals surface area (Å²) in [4.78, 5) is 13.9. The third kappa shape index (κ3) is 1.30. The number of aliphatic carboxylic acids is 1. The standard InChI is InChI=1S/C5H8N4O2/c6-3-1-2-8-5(7,9-3)4(10)11/h1-2,8H,7H2,(H2,6,9)(H,10,11). The number of hydrogen-bond donors (Lipinski definition) is 4. The van der Waals surface area contributed by atoms with Crippen LogP contribution in [0.5, 0.6) is 0 Å². The van der Waals surface area contributed by atoms with Crippen LogP contribution in [0.25, 0.3) is 0 Å². The van der Waals surface area contributed by atoms with Crippen LogP contribution in [0, 0.1) is 0 Å². The summed E-state index contributed by atoms with van der Waals surface area (Å²) in [6.07, 6.45) is 2.77. The number of nitrogens with two attached hydrogens (primary N) is 2. The van der Waals surface area contributed by atoms with Crippen molar-refractivity contribution in [1.29, 1.82) is 0 Å². The van der Waals surface area contributed by atoms with Crippen LogP contribution >= 0.6 is 0 Å². The van der Waals surface area contributed by atoms with E-state index in [1.54, 1.807) is 0 Å². The van der Waals surface area contributed by atoms with Crippen LogP contribution in [-0.4, -0.2) is 22.7 Å². The summed E-state index contributed by atoms with van der Waals surface area (Å²) < 4.78 is 0. The molecule has 11 heavy (non-hydrogen) atoms. The normalized spacial score (nSPS) is 29.0. The second kappa shape index (κ2) is 2.24. The summed E-state index contributed by atoms with van der Waals surface area (Å²) >= 11 is 0. The van der Waals surface area contributed by atoms with Crippen LogP contribution in [0.2, 0.25) is 0 Å². The fourth-order valence-corrected chi connectivity index (χ4v) is 0.637. The Morgan fingerprint density at radius 1 is 1.82 bits per heavy atom. The van der Waals surface area contributed by atoms with Crippen molar-refractivity contribution in [3.63, 3.8) is 0 Å². The molecule has 1 atom stereocenters. The number of aliphatic imine (C=N–C) groups is 1. The lowest BCUT2D eigenvalue weighted by Crippen LogP contribution is -2.58. The van der Waals surface area contributed by atoms with Gasteiger partial charge in [-0.15, -0.1) is 0 Å². The predicted molar refractivity (Wildman–Crippen MR) is 38.5 cm³/mol. The maximum atomic E-state index is 10.4. The lowest BCUT2D eigenvalue weighted by Gasteiger charge is -2.22. The maximum Gasteiger partial charge on any atom is 0.368 e. The molecule has 6 N–H and O–H groups in total. The fourth-order valence-electron chi connectivity index (χ4n) is 0.637. The van der Waals surface area contributed by atoms with E-state index in [1.807, 2.05) is 0 Å². The highest BCUT2D eigenvalue weighted by atomic mass is 16.4. The quantitative estimate of drug-likeness (QED) is 0.356. The summed E-state index contributed by atoms with van der Waals surface area (Å²) in [5.74, 6) is -2.99. The molecule has 0 radical (unpaired) electrons. The second-order valence-electron chi connectivity index (χ2n) is 2.09. The minimum atomic E-state index is -1.81. The number of nitrogens with one attached hydrogen (secondary N) is 1. The van der Waals surface area contributed by atoms with E-state index in [0.29, 0.717) is 0 Å². The van der Waals surface area contributed by atoms with Gasteiger partial charge in [0.2, 0.25) is 0 Å². The molecule has 0 aliphatic carbocycles. The molecule has 1 aliphatic rings. The van der Waals surface area contributed by atoms with E-state index in [2.05, 4.69) is 10.3 Å². The Morgan fingerprint density at radius 2 is 2.45 bits per heavy atom. The van der Waals surface area contributed by atoms with Crippen molar-refractivity contribution in [2.24, 2.45) is 16.5 Å². The van der Waals surface area contributed by atoms with E-state index in [0.717, 1.165) is 0 Å². The summed E-state index contributed by atoms with van der Waals surface area (Å²) in [5, 5.41) is 10.9. The van der Waals surface area contributed by atoms with E-state index in [-0.39, 0.29) is 5.84 Å². The number of rotatable bonds is 1. The van der Waals surface area contributed by atoms with Gasteiger partial charge < -0.3 is 16.2 Å². The molecule has 1 unspecified atom stereocenters. The molecule has 60 valence electrons. The van der Waals surface area contributed by atoms with Gasteiger partial charge in [0.05, 0.1) is 0 Å². The molecule has 0 spiro atoms. The fraction of sp³-hybridized carbons (Fsp3) is 0.200. The van der Waals surface area contributed by atoms with Crippen molar-refractivity contribution in [3.8, 4) is 0 Å². The minimum absolute atomic E-state index is 0.0913. The Labute approximate surface area is 62.6 Å². The van der Waals surface area contributed by atoms with Crippen molar-refractivity contribution < 1.29 is 9.90 Å². The number of nitrogens with zero attached hydrogens (tertiary/aromatic N) is 1. The number of carboxylic acids is 1. The molecule has 0 fully saturated rings. The van der Waals surface area contributed by atoms with Gasteiger partial charge in [-0.2, -0.15) is 0 Å². The van der Waals surface area contributed by atoms with E-state index in [1.165, 1.54) is 12.3 Å². The highest BCUT2D eigenvalue weighted by Gasteiger charge is 2.33. The van der Waals surface area contributed by atoms with Crippen molar-refractivity contribution in [1.82, 2.24) is 5.32 Å². The third-order valence-corrected chi connectivity index (χ3v) is 1.19. The molecule has 0 saturated heterocycles. The number of carboxylic acid groups (broad SMARTS) is 1. The Balaban J connectivity index is 2.92. The van der Waals surface area contributed by atoms with Crippen LogP contribution < -0.4 is 16.8 Å². The van der Waals surface area contributed by atoms with Crippen molar-refractivity contribution >= 4 is 11.8 Å². The van der Waals surface area contributed by atoms with Gasteiger partial charge in [0.25, 0.3) is 5.79 Å². The molecule has 0 amide bonds. The molecule has 0 aromatic rings. The van der Waals surface area contributed by atoms with Gasteiger partial charge in [0.15, 0.2) is 0 Å². The van der Waals surface area contributed by atoms with Gasteiger partial charge in [0, 0.05) is 6.20 Å². The zero-order valence-corrected chi connectivity index (χ0v) is 5.61. The van der Waals surface area contributed by atoms with E-state index >= 15 is 0 Å². The Kier molecular flexibility index (Phi) is 1.54. The Bertz CT molecular complexity index is 247. The molecule has 0 aromatic carbocycles. The number of carbonyl (C=O) groups is 1. The summed E-state index contributed by atoms with van der Waals surface area (Å²) in [7, 11) is 0. The number of amidine groups is 1. The molecule has 1 heterocycles. The lowest BCUT2D eigenvalue weighted by atomic mass is 10.3. The van der Waals surface area contributed by atoms with E-state index in [9.17, 15) is 4.79 Å². The predicted octanol–water partition coefficient (Wildman–Crippen LogP) is -1.84. The van der Waals surface area contributed by atoms with Crippen LogP contribution in [0.15, 0.2) is 17.3 Å². The first-order chi connectivity index (χ1) is 5.04. The first-order valence-corrected chi connectivity index (χ1v) is 2.86. The number of hydrogen-bond acceptors (Lipinski definition) is 5. The van der Waals surface area contributed by atoms with Crippen molar-refractivity contribution in [2.45, 2.75) is 5.79 Å². The van der Waals surface area contributed by atoms with Gasteiger partial charge in [-0.1, -0.05) is 0 Å². The average molecular weight is 156 g/mol. The van der Waals surface area contributed by atoms with Gasteiger partial charge >= 0.3 is 5.97 Å². The first kappa shape index (κ1) is 7.55. The minimum Gasteiger partial charge on any atom is -0.477 e. The summed E-state index contributed by atoms with van der Waals surface area (Å²) in [6.45, 7) is 0. The van der Waals surface area contributed by atoms with Gasteiger partial charge in [-0.05, 0) is 6.08 Å². The molecule has 6 heteroatoms. The van der Waals surface area contributed by atoms with Crippen LogP contribution in [0.1, 0.15) is 0 Å². The molecule has 0 saturated carbocycles. The molecular weight excluding hydrogens is 148 g/mol. The molecule has 0 bridgehead atoms. The van der Waals surface area contributed by atoms with Gasteiger partial charge in [-0.25, -0.2) is 9.79 Å². The molecule has 1 aliphatic heterocycles. The van der Waals surface area contributed by atoms with Crippen molar-refractivity contribution in [2.75, 3.05) is 0 Å². The van der Waals surface area contributed by atoms with Crippen LogP contribution in [0.4, 0.5) is 0 Å². The molecular formula is C5H8N4O2. The zero-order valence-electron chi connectivity index (χ0n) is 5.61. The van der Waals surface area contributed by atoms with Gasteiger partial charge in [-0.3, -0.25) is 5.73 Å². The van der Waals surface area contributed by atoms with E-state index < -0.39 is 11.8 Å². The third-order valence-electron chi connectivity index (χ3n) is 1.19. The smallest absolute Gasteiger partial charge is 0.368 e. The lowest BCUT2D eigenvalue weighted by molar-refractivity contribution is -0.143. The first-order valence-electron chi connectivity index (χ1n) is 2.86. The van der Waals surface area contributed by atoms with Crippen LogP contribution in [-0.2, 0) is 4.79 Å². The van der Waals surface area contributed by atoms with Crippen molar-refractivity contribution in [3.05, 3.63) is 12.3 Å². The monoisotopic (exact) mass is 156 g/mol. The Hall–Kier alpha value is -1.56. The maximum absolute atomic E-state index is 10.4. The molecule has 1 rings (SSSR count). The summed E-state index contributed by atoms with van der Waals surface area (Å²) in [6, 6.07) is 0. The topological polar surface area (TPSA) is 114 Å². The molecule has 0 aromatic heterocycles. The average Bonchev–Trinajstić information content (AvgIpc) is 1.86. The summed E-state index contributed by atoms with van der Waals surface area (Å²) in [5.41, 5.74) is 10.5. The van der Waals surface area contributed by atoms with Gasteiger partial charge in [0.1, 0.15) is 5.84 Å². The Morgan fingerprint density at radius 3 is 2.82 bits per heavy atom. The molecule has 6 nitrogen and oxygen atoms in total. The highest BCUT2D eigenvalue weighted by molar-refractivity contribution is 5.95. The SMILES string of the molecule is NC1=NC(N)(C(=O)O)NC=C1. The second-order valence-corrected chi connectivity index (χ2v) is 2.09.